The first kappa shape index (κ1) is 13.8. The summed E-state index contributed by atoms with van der Waals surface area (Å²) >= 11 is 1.17. The Bertz CT molecular complexity index is 365. The second kappa shape index (κ2) is 7.90. The normalized spacial score (nSPS) is 9.94. The molecule has 0 aliphatic rings. The molecule has 0 fully saturated rings. The molecule has 17 heavy (non-hydrogen) atoms. The van der Waals surface area contributed by atoms with Crippen LogP contribution in [0.1, 0.15) is 25.3 Å². The molecular formula is C13H17NO2S. The predicted molar refractivity (Wildman–Crippen MR) is 71.1 cm³/mol. The molecule has 0 aromatic heterocycles. The van der Waals surface area contributed by atoms with Gasteiger partial charge in [0.2, 0.25) is 5.91 Å². The van der Waals surface area contributed by atoms with Crippen LogP contribution < -0.4 is 5.32 Å². The topological polar surface area (TPSA) is 46.2 Å². The van der Waals surface area contributed by atoms with Gasteiger partial charge in [-0.2, -0.15) is 0 Å². The Morgan fingerprint density at radius 2 is 1.94 bits per heavy atom. The number of unbranched alkanes of at least 4 members (excludes halogenated alkanes) is 1. The van der Waals surface area contributed by atoms with Crippen molar-refractivity contribution in [2.24, 2.45) is 0 Å². The van der Waals surface area contributed by atoms with E-state index >= 15 is 0 Å². The molecule has 92 valence electrons. The molecule has 0 atom stereocenters. The zero-order valence-electron chi connectivity index (χ0n) is 9.94. The van der Waals surface area contributed by atoms with Gasteiger partial charge in [-0.1, -0.05) is 55.4 Å². The van der Waals surface area contributed by atoms with Gasteiger partial charge < -0.3 is 0 Å². The Balaban J connectivity index is 2.27. The van der Waals surface area contributed by atoms with E-state index in [-0.39, 0.29) is 17.6 Å². The second-order valence-electron chi connectivity index (χ2n) is 3.70. The summed E-state index contributed by atoms with van der Waals surface area (Å²) in [5.41, 5.74) is 0.913. The maximum atomic E-state index is 11.5. The minimum Gasteiger partial charge on any atom is -0.287 e. The fraction of sp³-hybridized carbons (Fsp3) is 0.385. The van der Waals surface area contributed by atoms with Crippen LogP contribution in [0.25, 0.3) is 0 Å². The molecule has 0 saturated heterocycles. The van der Waals surface area contributed by atoms with Crippen molar-refractivity contribution in [2.45, 2.75) is 26.2 Å². The van der Waals surface area contributed by atoms with Gasteiger partial charge in [0, 0.05) is 5.75 Å². The zero-order valence-corrected chi connectivity index (χ0v) is 10.8. The maximum absolute atomic E-state index is 11.5. The maximum Gasteiger partial charge on any atom is 0.285 e. The Labute approximate surface area is 106 Å². The number of carbonyl (C=O) groups is 2. The van der Waals surface area contributed by atoms with Crippen molar-refractivity contribution in [1.29, 1.82) is 0 Å². The predicted octanol–water partition coefficient (Wildman–Crippen LogP) is 3.00. The number of hydrogen-bond donors (Lipinski definition) is 1. The number of thioether (sulfide) groups is 1. The molecule has 1 N–H and O–H groups in total. The number of carbonyl (C=O) groups excluding carboxylic acids is 2. The van der Waals surface area contributed by atoms with Gasteiger partial charge in [-0.25, -0.2) is 0 Å². The van der Waals surface area contributed by atoms with E-state index in [2.05, 4.69) is 12.2 Å². The summed E-state index contributed by atoms with van der Waals surface area (Å²) in [6.45, 7) is 2.07. The van der Waals surface area contributed by atoms with Crippen molar-refractivity contribution < 1.29 is 9.59 Å². The minimum atomic E-state index is -0.251. The molecule has 0 aliphatic heterocycles. The van der Waals surface area contributed by atoms with E-state index in [9.17, 15) is 9.59 Å². The van der Waals surface area contributed by atoms with Crippen molar-refractivity contribution in [3.8, 4) is 0 Å². The van der Waals surface area contributed by atoms with E-state index in [1.165, 1.54) is 11.8 Å². The lowest BCUT2D eigenvalue weighted by molar-refractivity contribution is -0.119. The molecule has 2 amide bonds. The number of hydrogen-bond acceptors (Lipinski definition) is 3. The van der Waals surface area contributed by atoms with Gasteiger partial charge in [0.05, 0.1) is 6.42 Å². The van der Waals surface area contributed by atoms with E-state index in [0.29, 0.717) is 0 Å². The summed E-state index contributed by atoms with van der Waals surface area (Å²) < 4.78 is 0. The number of rotatable bonds is 5. The van der Waals surface area contributed by atoms with Gasteiger partial charge in [-0.3, -0.25) is 14.9 Å². The van der Waals surface area contributed by atoms with Gasteiger partial charge in [0.15, 0.2) is 0 Å². The highest BCUT2D eigenvalue weighted by atomic mass is 32.2. The highest BCUT2D eigenvalue weighted by Gasteiger charge is 2.08. The minimum absolute atomic E-state index is 0.245. The van der Waals surface area contributed by atoms with E-state index in [0.717, 1.165) is 24.2 Å². The van der Waals surface area contributed by atoms with Gasteiger partial charge >= 0.3 is 0 Å². The van der Waals surface area contributed by atoms with Crippen molar-refractivity contribution in [2.75, 3.05) is 5.75 Å². The quantitative estimate of drug-likeness (QED) is 0.818. The van der Waals surface area contributed by atoms with Crippen molar-refractivity contribution in [3.63, 3.8) is 0 Å². The van der Waals surface area contributed by atoms with Crippen LogP contribution in [0.2, 0.25) is 0 Å². The third-order valence-electron chi connectivity index (χ3n) is 2.18. The molecule has 0 spiro atoms. The molecule has 0 bridgehead atoms. The summed E-state index contributed by atoms with van der Waals surface area (Å²) in [6, 6.07) is 9.39. The molecule has 0 radical (unpaired) electrons. The van der Waals surface area contributed by atoms with E-state index in [1.54, 1.807) is 0 Å². The van der Waals surface area contributed by atoms with Crippen molar-refractivity contribution in [3.05, 3.63) is 35.9 Å². The standard InChI is InChI=1S/C13H17NO2S/c1-2-3-9-17-13(16)14-12(15)10-11-7-5-4-6-8-11/h4-8H,2-3,9-10H2,1H3,(H,14,15,16). The fourth-order valence-corrected chi connectivity index (χ4v) is 2.09. The SMILES string of the molecule is CCCCSC(=O)NC(=O)Cc1ccccc1. The summed E-state index contributed by atoms with van der Waals surface area (Å²) in [7, 11) is 0. The van der Waals surface area contributed by atoms with Crippen LogP contribution in [-0.2, 0) is 11.2 Å². The third kappa shape index (κ3) is 6.12. The van der Waals surface area contributed by atoms with Crippen LogP contribution in [0.3, 0.4) is 0 Å². The smallest absolute Gasteiger partial charge is 0.285 e. The highest BCUT2D eigenvalue weighted by Crippen LogP contribution is 2.06. The first-order valence-electron chi connectivity index (χ1n) is 5.73. The Hall–Kier alpha value is -1.29. The Morgan fingerprint density at radius 1 is 1.24 bits per heavy atom. The molecule has 1 aromatic rings. The number of imide groups is 1. The van der Waals surface area contributed by atoms with Gasteiger partial charge in [-0.05, 0) is 12.0 Å². The molecule has 0 saturated carbocycles. The van der Waals surface area contributed by atoms with E-state index < -0.39 is 0 Å². The summed E-state index contributed by atoms with van der Waals surface area (Å²) in [5.74, 6) is 0.520. The monoisotopic (exact) mass is 251 g/mol. The van der Waals surface area contributed by atoms with Crippen LogP contribution in [0, 0.1) is 0 Å². The molecule has 1 aromatic carbocycles. The third-order valence-corrected chi connectivity index (χ3v) is 3.04. The zero-order chi connectivity index (χ0) is 12.5. The van der Waals surface area contributed by atoms with Crippen LogP contribution in [-0.4, -0.2) is 16.9 Å². The van der Waals surface area contributed by atoms with Crippen molar-refractivity contribution >= 4 is 22.9 Å². The van der Waals surface area contributed by atoms with Crippen LogP contribution in [0.15, 0.2) is 30.3 Å². The fourth-order valence-electron chi connectivity index (χ4n) is 1.28. The number of nitrogens with one attached hydrogen (secondary N) is 1. The van der Waals surface area contributed by atoms with Gasteiger partial charge in [0.1, 0.15) is 0 Å². The molecule has 4 heteroatoms. The second-order valence-corrected chi connectivity index (χ2v) is 4.77. The van der Waals surface area contributed by atoms with Crippen molar-refractivity contribution in [1.82, 2.24) is 5.32 Å². The lowest BCUT2D eigenvalue weighted by Gasteiger charge is -2.03. The van der Waals surface area contributed by atoms with E-state index in [1.807, 2.05) is 30.3 Å². The van der Waals surface area contributed by atoms with Crippen LogP contribution in [0.5, 0.6) is 0 Å². The van der Waals surface area contributed by atoms with Crippen LogP contribution in [0.4, 0.5) is 4.79 Å². The molecule has 0 unspecified atom stereocenters. The molecule has 0 heterocycles. The summed E-state index contributed by atoms with van der Waals surface area (Å²) in [6.07, 6.45) is 2.30. The lowest BCUT2D eigenvalue weighted by atomic mass is 10.1. The average Bonchev–Trinajstić information content (AvgIpc) is 2.30. The summed E-state index contributed by atoms with van der Waals surface area (Å²) in [5, 5.41) is 2.12. The largest absolute Gasteiger partial charge is 0.287 e. The van der Waals surface area contributed by atoms with Crippen LogP contribution >= 0.6 is 11.8 Å². The molecule has 0 aliphatic carbocycles. The first-order valence-corrected chi connectivity index (χ1v) is 6.71. The number of benzene rings is 1. The summed E-state index contributed by atoms with van der Waals surface area (Å²) in [4.78, 5) is 22.9. The molecule has 3 nitrogen and oxygen atoms in total. The highest BCUT2D eigenvalue weighted by molar-refractivity contribution is 8.13. The van der Waals surface area contributed by atoms with E-state index in [4.69, 9.17) is 0 Å². The number of amides is 2. The lowest BCUT2D eigenvalue weighted by Crippen LogP contribution is -2.28. The average molecular weight is 251 g/mol. The first-order chi connectivity index (χ1) is 8.22. The van der Waals surface area contributed by atoms with Gasteiger partial charge in [-0.15, -0.1) is 0 Å². The molecule has 1 rings (SSSR count). The Morgan fingerprint density at radius 3 is 2.59 bits per heavy atom. The Kier molecular flexibility index (Phi) is 6.40. The van der Waals surface area contributed by atoms with Gasteiger partial charge in [0.25, 0.3) is 5.24 Å². The molecular weight excluding hydrogens is 234 g/mol.